The van der Waals surface area contributed by atoms with Crippen LogP contribution in [0, 0.1) is 5.41 Å². The van der Waals surface area contributed by atoms with Crippen molar-refractivity contribution in [3.8, 4) is 0 Å². The van der Waals surface area contributed by atoms with E-state index in [0.717, 1.165) is 6.54 Å². The van der Waals surface area contributed by atoms with Crippen LogP contribution >= 0.6 is 0 Å². The first-order valence-corrected chi connectivity index (χ1v) is 7.38. The summed E-state index contributed by atoms with van der Waals surface area (Å²) in [5.74, 6) is 0. The van der Waals surface area contributed by atoms with Crippen molar-refractivity contribution < 1.29 is 0 Å². The molecule has 2 atom stereocenters. The maximum Gasteiger partial charge on any atom is 0.0278 e. The molecule has 17 heavy (non-hydrogen) atoms. The molecule has 3 N–H and O–H groups in total. The van der Waals surface area contributed by atoms with Gasteiger partial charge in [0.15, 0.2) is 0 Å². The predicted molar refractivity (Wildman–Crippen MR) is 76.2 cm³/mol. The molecule has 1 aliphatic carbocycles. The molecule has 0 amide bonds. The van der Waals surface area contributed by atoms with E-state index in [-0.39, 0.29) is 5.54 Å². The second-order valence-corrected chi connectivity index (χ2v) is 6.97. The maximum absolute atomic E-state index is 5.97. The van der Waals surface area contributed by atoms with Crippen LogP contribution in [0.1, 0.15) is 72.6 Å². The molecule has 0 spiro atoms. The van der Waals surface area contributed by atoms with Crippen LogP contribution in [0.15, 0.2) is 0 Å². The van der Waals surface area contributed by atoms with Crippen LogP contribution < -0.4 is 11.1 Å². The molecule has 0 aromatic heterocycles. The lowest BCUT2D eigenvalue weighted by Crippen LogP contribution is -2.52. The Hall–Kier alpha value is -0.0800. The van der Waals surface area contributed by atoms with Gasteiger partial charge < -0.3 is 11.1 Å². The molecule has 0 aromatic carbocycles. The quantitative estimate of drug-likeness (QED) is 0.669. The largest absolute Gasteiger partial charge is 0.329 e. The molecule has 102 valence electrons. The van der Waals surface area contributed by atoms with E-state index in [4.69, 9.17) is 5.73 Å². The van der Waals surface area contributed by atoms with Crippen molar-refractivity contribution in [1.82, 2.24) is 5.32 Å². The normalized spacial score (nSPS) is 27.0. The zero-order valence-electron chi connectivity index (χ0n) is 12.3. The Bertz CT molecular complexity index is 225. The summed E-state index contributed by atoms with van der Waals surface area (Å²) >= 11 is 0. The van der Waals surface area contributed by atoms with Crippen molar-refractivity contribution in [3.63, 3.8) is 0 Å². The van der Waals surface area contributed by atoms with E-state index in [9.17, 15) is 0 Å². The minimum absolute atomic E-state index is 0.153. The van der Waals surface area contributed by atoms with Gasteiger partial charge in [0.2, 0.25) is 0 Å². The van der Waals surface area contributed by atoms with E-state index in [1.807, 2.05) is 0 Å². The van der Waals surface area contributed by atoms with Crippen LogP contribution in [0.4, 0.5) is 0 Å². The van der Waals surface area contributed by atoms with E-state index in [0.29, 0.717) is 11.5 Å². The first-order valence-electron chi connectivity index (χ1n) is 7.38. The summed E-state index contributed by atoms with van der Waals surface area (Å²) < 4.78 is 0. The van der Waals surface area contributed by atoms with Crippen LogP contribution in [0.3, 0.4) is 0 Å². The van der Waals surface area contributed by atoms with Crippen molar-refractivity contribution in [1.29, 1.82) is 0 Å². The number of rotatable bonds is 7. The van der Waals surface area contributed by atoms with Crippen LogP contribution in [0.5, 0.6) is 0 Å². The molecule has 0 aliphatic heterocycles. The van der Waals surface area contributed by atoms with E-state index in [1.165, 1.54) is 44.9 Å². The Labute approximate surface area is 108 Å². The first-order chi connectivity index (χ1) is 7.91. The Kier molecular flexibility index (Phi) is 5.46. The summed E-state index contributed by atoms with van der Waals surface area (Å²) in [7, 11) is 0. The summed E-state index contributed by atoms with van der Waals surface area (Å²) in [5, 5.41) is 3.83. The molecule has 1 fully saturated rings. The van der Waals surface area contributed by atoms with E-state index < -0.39 is 0 Å². The second-order valence-electron chi connectivity index (χ2n) is 6.97. The molecule has 1 aliphatic rings. The van der Waals surface area contributed by atoms with Crippen molar-refractivity contribution in [2.45, 2.75) is 84.2 Å². The van der Waals surface area contributed by atoms with Gasteiger partial charge in [-0.2, -0.15) is 0 Å². The van der Waals surface area contributed by atoms with Gasteiger partial charge in [0.25, 0.3) is 0 Å². The van der Waals surface area contributed by atoms with Crippen LogP contribution in [0.2, 0.25) is 0 Å². The third-order valence-electron chi connectivity index (χ3n) is 4.30. The van der Waals surface area contributed by atoms with Gasteiger partial charge in [-0.3, -0.25) is 0 Å². The monoisotopic (exact) mass is 240 g/mol. The average molecular weight is 240 g/mol. The fourth-order valence-corrected chi connectivity index (χ4v) is 3.05. The smallest absolute Gasteiger partial charge is 0.0278 e. The summed E-state index contributed by atoms with van der Waals surface area (Å²) in [6.07, 6.45) is 9.10. The molecule has 0 radical (unpaired) electrons. The highest BCUT2D eigenvalue weighted by molar-refractivity contribution is 4.93. The summed E-state index contributed by atoms with van der Waals surface area (Å²) in [6.45, 7) is 10.1. The highest BCUT2D eigenvalue weighted by Crippen LogP contribution is 2.37. The predicted octanol–water partition coefficient (Wildman–Crippen LogP) is 3.45. The molecule has 2 nitrogen and oxygen atoms in total. The maximum atomic E-state index is 5.97. The van der Waals surface area contributed by atoms with Crippen molar-refractivity contribution in [2.75, 3.05) is 6.54 Å². The fraction of sp³-hybridized carbons (Fsp3) is 1.00. The van der Waals surface area contributed by atoms with Gasteiger partial charge in [0.05, 0.1) is 0 Å². The van der Waals surface area contributed by atoms with Gasteiger partial charge in [-0.1, -0.05) is 40.0 Å². The van der Waals surface area contributed by atoms with Crippen molar-refractivity contribution >= 4 is 0 Å². The molecular weight excluding hydrogens is 208 g/mol. The Balaban J connectivity index is 2.40. The number of unbranched alkanes of at least 4 members (excludes halogenated alkanes) is 2. The first kappa shape index (κ1) is 15.0. The van der Waals surface area contributed by atoms with Crippen LogP contribution in [-0.2, 0) is 0 Å². The Morgan fingerprint density at radius 3 is 2.53 bits per heavy atom. The topological polar surface area (TPSA) is 38.0 Å². The molecule has 0 heterocycles. The minimum atomic E-state index is 0.153. The van der Waals surface area contributed by atoms with Crippen molar-refractivity contribution in [2.24, 2.45) is 11.1 Å². The number of hydrogen-bond donors (Lipinski definition) is 2. The highest BCUT2D eigenvalue weighted by atomic mass is 15.0. The number of hydrogen-bond acceptors (Lipinski definition) is 2. The molecule has 0 saturated heterocycles. The SMILES string of the molecule is CCCCCC(C)(CN)NC1CCC(C)(C)C1. The zero-order chi connectivity index (χ0) is 12.9. The van der Waals surface area contributed by atoms with E-state index in [2.05, 4.69) is 33.0 Å². The molecule has 0 bridgehead atoms. The Morgan fingerprint density at radius 1 is 1.35 bits per heavy atom. The van der Waals surface area contributed by atoms with Gasteiger partial charge in [-0.25, -0.2) is 0 Å². The molecule has 2 unspecified atom stereocenters. The second kappa shape index (κ2) is 6.19. The van der Waals surface area contributed by atoms with E-state index in [1.54, 1.807) is 0 Å². The molecule has 0 aromatic rings. The van der Waals surface area contributed by atoms with Gasteiger partial charge >= 0.3 is 0 Å². The standard InChI is InChI=1S/C15H32N2/c1-5-6-7-9-15(4,12-16)17-13-8-10-14(2,3)11-13/h13,17H,5-12,16H2,1-4H3. The number of nitrogens with two attached hydrogens (primary N) is 1. The minimum Gasteiger partial charge on any atom is -0.329 e. The van der Waals surface area contributed by atoms with Gasteiger partial charge in [0, 0.05) is 18.1 Å². The average Bonchev–Trinajstić information content (AvgIpc) is 2.58. The fourth-order valence-electron chi connectivity index (χ4n) is 3.05. The van der Waals surface area contributed by atoms with Gasteiger partial charge in [-0.05, 0) is 38.0 Å². The number of nitrogens with one attached hydrogen (secondary N) is 1. The molecular formula is C15H32N2. The summed E-state index contributed by atoms with van der Waals surface area (Å²) in [4.78, 5) is 0. The van der Waals surface area contributed by atoms with Gasteiger partial charge in [-0.15, -0.1) is 0 Å². The lowest BCUT2D eigenvalue weighted by Gasteiger charge is -2.33. The lowest BCUT2D eigenvalue weighted by molar-refractivity contribution is 0.274. The molecule has 1 saturated carbocycles. The van der Waals surface area contributed by atoms with Crippen LogP contribution in [-0.4, -0.2) is 18.1 Å². The molecule has 2 heteroatoms. The summed E-state index contributed by atoms with van der Waals surface area (Å²) in [5.41, 5.74) is 6.65. The summed E-state index contributed by atoms with van der Waals surface area (Å²) in [6, 6.07) is 0.681. The third kappa shape index (κ3) is 4.97. The van der Waals surface area contributed by atoms with Gasteiger partial charge in [0.1, 0.15) is 0 Å². The lowest BCUT2D eigenvalue weighted by atomic mass is 9.90. The highest BCUT2D eigenvalue weighted by Gasteiger charge is 2.34. The van der Waals surface area contributed by atoms with Crippen molar-refractivity contribution in [3.05, 3.63) is 0 Å². The van der Waals surface area contributed by atoms with Crippen LogP contribution in [0.25, 0.3) is 0 Å². The zero-order valence-corrected chi connectivity index (χ0v) is 12.3. The molecule has 1 rings (SSSR count). The Morgan fingerprint density at radius 2 is 2.06 bits per heavy atom. The van der Waals surface area contributed by atoms with E-state index >= 15 is 0 Å². The third-order valence-corrected chi connectivity index (χ3v) is 4.30.